The molecule has 69 heavy (non-hydrogen) atoms. The van der Waals surface area contributed by atoms with E-state index in [-0.39, 0.29) is 0 Å². The summed E-state index contributed by atoms with van der Waals surface area (Å²) in [6, 6.07) is 76.8. The second kappa shape index (κ2) is 14.6. The van der Waals surface area contributed by atoms with Gasteiger partial charge in [-0.1, -0.05) is 176 Å². The molecule has 0 N–H and O–H groups in total. The molecule has 1 aliphatic heterocycles. The molecule has 0 atom stereocenters. The second-order valence-electron chi connectivity index (χ2n) is 17.9. The zero-order valence-corrected chi connectivity index (χ0v) is 36.9. The van der Waals surface area contributed by atoms with E-state index >= 15 is 0 Å². The standard InChI is InChI=1S/C63H36N4O2/c1-2-15-37(16-3-1)61-64-62(38-31-32-47-51-25-14-24-50-45-18-5-4-17-44(45)46-19-6-9-28-54(46)67(58(50)51)55(47)36-38)66-63(65-61)41-34-39(42-22-12-26-52-48-20-7-10-29-56(48)68-59(42)52)33-40(35-41)43-23-13-27-53-49-21-8-11-30-57(49)69-60(43)53/h1-36H. The Morgan fingerprint density at radius 1 is 0.290 bits per heavy atom. The highest BCUT2D eigenvalue weighted by Gasteiger charge is 2.25. The average molecular weight is 881 g/mol. The van der Waals surface area contributed by atoms with E-state index in [1.807, 2.05) is 42.5 Å². The van der Waals surface area contributed by atoms with Crippen LogP contribution in [0.4, 0.5) is 0 Å². The van der Waals surface area contributed by atoms with Crippen molar-refractivity contribution in [2.75, 3.05) is 0 Å². The van der Waals surface area contributed by atoms with Crippen molar-refractivity contribution in [1.82, 2.24) is 19.5 Å². The number of rotatable bonds is 5. The fourth-order valence-electron chi connectivity index (χ4n) is 10.9. The molecular formula is C63H36N4O2. The summed E-state index contributed by atoms with van der Waals surface area (Å²) in [5, 5.41) is 6.64. The molecule has 0 aliphatic carbocycles. The number of hydrogen-bond acceptors (Lipinski definition) is 5. The molecule has 0 saturated carbocycles. The molecule has 320 valence electrons. The molecule has 4 aromatic heterocycles. The lowest BCUT2D eigenvalue weighted by Crippen LogP contribution is -2.01. The van der Waals surface area contributed by atoms with Gasteiger partial charge in [-0.3, -0.25) is 0 Å². The molecule has 0 unspecified atom stereocenters. The van der Waals surface area contributed by atoms with Crippen LogP contribution in [0.3, 0.4) is 0 Å². The smallest absolute Gasteiger partial charge is 0.164 e. The molecule has 15 rings (SSSR count). The van der Waals surface area contributed by atoms with Crippen molar-refractivity contribution in [2.24, 2.45) is 0 Å². The van der Waals surface area contributed by atoms with Gasteiger partial charge in [-0.05, 0) is 64.7 Å². The first-order valence-corrected chi connectivity index (χ1v) is 23.3. The Morgan fingerprint density at radius 2 is 0.768 bits per heavy atom. The minimum atomic E-state index is 0.553. The topological polar surface area (TPSA) is 69.9 Å². The lowest BCUT2D eigenvalue weighted by molar-refractivity contribution is 0.670. The van der Waals surface area contributed by atoms with Gasteiger partial charge in [0, 0.05) is 71.3 Å². The number of fused-ring (bicyclic) bond motifs is 14. The first-order chi connectivity index (χ1) is 34.2. The van der Waals surface area contributed by atoms with Gasteiger partial charge in [0.2, 0.25) is 0 Å². The van der Waals surface area contributed by atoms with Crippen LogP contribution in [0.15, 0.2) is 227 Å². The zero-order chi connectivity index (χ0) is 45.2. The first kappa shape index (κ1) is 37.8. The van der Waals surface area contributed by atoms with Crippen molar-refractivity contribution in [1.29, 1.82) is 0 Å². The Labute approximate surface area is 395 Å². The van der Waals surface area contributed by atoms with Crippen molar-refractivity contribution >= 4 is 65.7 Å². The maximum Gasteiger partial charge on any atom is 0.164 e. The molecule has 0 saturated heterocycles. The summed E-state index contributed by atoms with van der Waals surface area (Å²) in [6.45, 7) is 0. The quantitative estimate of drug-likeness (QED) is 0.172. The van der Waals surface area contributed by atoms with E-state index in [0.29, 0.717) is 17.5 Å². The van der Waals surface area contributed by atoms with Crippen LogP contribution in [0.1, 0.15) is 0 Å². The largest absolute Gasteiger partial charge is 0.455 e. The fraction of sp³-hybridized carbons (Fsp3) is 0. The Kier molecular flexibility index (Phi) is 7.97. The van der Waals surface area contributed by atoms with E-state index in [9.17, 15) is 0 Å². The summed E-state index contributed by atoms with van der Waals surface area (Å²) >= 11 is 0. The SMILES string of the molecule is c1ccc(-c2nc(-c3cc(-c4cccc5c4oc4ccccc45)cc(-c4cccc5c4oc4ccccc45)c3)nc(-c3ccc4c5cccc6c5n(c4c3)-c3ccccc3-c3ccccc3-6)n2)cc1. The summed E-state index contributed by atoms with van der Waals surface area (Å²) in [5.74, 6) is 1.72. The van der Waals surface area contributed by atoms with Gasteiger partial charge in [-0.2, -0.15) is 0 Å². The summed E-state index contributed by atoms with van der Waals surface area (Å²) in [4.78, 5) is 16.0. The van der Waals surface area contributed by atoms with Gasteiger partial charge in [0.25, 0.3) is 0 Å². The number of benzene rings is 10. The number of para-hydroxylation sites is 6. The van der Waals surface area contributed by atoms with Crippen molar-refractivity contribution in [2.45, 2.75) is 0 Å². The van der Waals surface area contributed by atoms with E-state index in [2.05, 4.69) is 180 Å². The molecule has 0 amide bonds. The molecule has 6 nitrogen and oxygen atoms in total. The Morgan fingerprint density at radius 3 is 1.43 bits per heavy atom. The van der Waals surface area contributed by atoms with Crippen LogP contribution in [0.25, 0.3) is 150 Å². The van der Waals surface area contributed by atoms with Crippen molar-refractivity contribution in [3.05, 3.63) is 218 Å². The minimum Gasteiger partial charge on any atom is -0.455 e. The maximum absolute atomic E-state index is 6.67. The number of nitrogens with zero attached hydrogens (tertiary/aromatic N) is 4. The Hall–Kier alpha value is -9.39. The van der Waals surface area contributed by atoms with Crippen LogP contribution < -0.4 is 0 Å². The lowest BCUT2D eigenvalue weighted by Gasteiger charge is -2.14. The van der Waals surface area contributed by atoms with E-state index in [0.717, 1.165) is 94.0 Å². The molecule has 1 aliphatic rings. The average Bonchev–Trinajstić information content (AvgIpc) is 4.08. The fourth-order valence-corrected chi connectivity index (χ4v) is 10.9. The summed E-state index contributed by atoms with van der Waals surface area (Å²) in [6.07, 6.45) is 0. The van der Waals surface area contributed by atoms with E-state index < -0.39 is 0 Å². The molecule has 0 spiro atoms. The van der Waals surface area contributed by atoms with Crippen LogP contribution in [0.5, 0.6) is 0 Å². The molecule has 0 radical (unpaired) electrons. The van der Waals surface area contributed by atoms with E-state index in [1.54, 1.807) is 0 Å². The van der Waals surface area contributed by atoms with E-state index in [1.165, 1.54) is 38.5 Å². The highest BCUT2D eigenvalue weighted by atomic mass is 16.3. The van der Waals surface area contributed by atoms with Gasteiger partial charge in [-0.15, -0.1) is 0 Å². The van der Waals surface area contributed by atoms with Crippen LogP contribution in [0.2, 0.25) is 0 Å². The molecule has 10 aromatic carbocycles. The summed E-state index contributed by atoms with van der Waals surface area (Å²) in [5.41, 5.74) is 18.1. The zero-order valence-electron chi connectivity index (χ0n) is 36.9. The monoisotopic (exact) mass is 880 g/mol. The lowest BCUT2D eigenvalue weighted by atomic mass is 9.93. The second-order valence-corrected chi connectivity index (χ2v) is 17.9. The van der Waals surface area contributed by atoms with Crippen molar-refractivity contribution in [3.8, 4) is 84.4 Å². The van der Waals surface area contributed by atoms with Crippen LogP contribution in [0, 0.1) is 0 Å². The van der Waals surface area contributed by atoms with E-state index in [4.69, 9.17) is 23.8 Å². The predicted octanol–water partition coefficient (Wildman–Crippen LogP) is 16.7. The summed E-state index contributed by atoms with van der Waals surface area (Å²) in [7, 11) is 0. The molecule has 14 aromatic rings. The third kappa shape index (κ3) is 5.69. The number of furan rings is 2. The van der Waals surface area contributed by atoms with Crippen molar-refractivity contribution in [3.63, 3.8) is 0 Å². The molecule has 0 fully saturated rings. The van der Waals surface area contributed by atoms with Gasteiger partial charge in [0.15, 0.2) is 17.5 Å². The maximum atomic E-state index is 6.67. The van der Waals surface area contributed by atoms with Gasteiger partial charge in [-0.25, -0.2) is 15.0 Å². The predicted molar refractivity (Wildman–Crippen MR) is 280 cm³/mol. The summed E-state index contributed by atoms with van der Waals surface area (Å²) < 4.78 is 15.8. The third-order valence-electron chi connectivity index (χ3n) is 14.0. The Bertz CT molecular complexity index is 4310. The van der Waals surface area contributed by atoms with Crippen molar-refractivity contribution < 1.29 is 8.83 Å². The van der Waals surface area contributed by atoms with Gasteiger partial charge < -0.3 is 13.4 Å². The van der Waals surface area contributed by atoms with Gasteiger partial charge >= 0.3 is 0 Å². The highest BCUT2D eigenvalue weighted by molar-refractivity contribution is 6.17. The van der Waals surface area contributed by atoms with Crippen LogP contribution >= 0.6 is 0 Å². The molecule has 0 bridgehead atoms. The first-order valence-electron chi connectivity index (χ1n) is 23.3. The molecule has 6 heteroatoms. The molecule has 5 heterocycles. The Balaban J connectivity index is 0.986. The minimum absolute atomic E-state index is 0.553. The highest BCUT2D eigenvalue weighted by Crippen LogP contribution is 2.48. The number of aromatic nitrogens is 4. The van der Waals surface area contributed by atoms with Gasteiger partial charge in [0.05, 0.1) is 16.7 Å². The van der Waals surface area contributed by atoms with Gasteiger partial charge in [0.1, 0.15) is 22.3 Å². The van der Waals surface area contributed by atoms with Crippen LogP contribution in [-0.4, -0.2) is 19.5 Å². The third-order valence-corrected chi connectivity index (χ3v) is 14.0. The van der Waals surface area contributed by atoms with Crippen LogP contribution in [-0.2, 0) is 0 Å². The normalized spacial score (nSPS) is 12.1. The number of hydrogen-bond donors (Lipinski definition) is 0. The molecular weight excluding hydrogens is 845 g/mol.